The van der Waals surface area contributed by atoms with Crippen LogP contribution in [-0.4, -0.2) is 27.4 Å². The number of methoxy groups -OCH3 is 2. The van der Waals surface area contributed by atoms with E-state index in [2.05, 4.69) is 26.8 Å². The SMILES string of the molecule is COc1ccc(C#N)c(OCCOc2ccc(OC)cc2C(C)(C)C)c1. The second-order valence-electron chi connectivity index (χ2n) is 6.78. The molecule has 0 aromatic heterocycles. The summed E-state index contributed by atoms with van der Waals surface area (Å²) in [7, 11) is 3.23. The van der Waals surface area contributed by atoms with Crippen LogP contribution >= 0.6 is 0 Å². The molecule has 0 aliphatic heterocycles. The minimum absolute atomic E-state index is 0.0779. The van der Waals surface area contributed by atoms with E-state index in [0.29, 0.717) is 30.3 Å². The smallest absolute Gasteiger partial charge is 0.140 e. The normalized spacial score (nSPS) is 10.8. The number of nitrogens with zero attached hydrogens (tertiary/aromatic N) is 1. The molecule has 0 bridgehead atoms. The fourth-order valence-electron chi connectivity index (χ4n) is 2.49. The molecular weight excluding hydrogens is 330 g/mol. The number of nitriles is 1. The molecule has 26 heavy (non-hydrogen) atoms. The summed E-state index contributed by atoms with van der Waals surface area (Å²) >= 11 is 0. The average Bonchev–Trinajstić information content (AvgIpc) is 2.64. The van der Waals surface area contributed by atoms with Gasteiger partial charge >= 0.3 is 0 Å². The number of hydrogen-bond donors (Lipinski definition) is 0. The van der Waals surface area contributed by atoms with Gasteiger partial charge < -0.3 is 18.9 Å². The number of rotatable bonds is 7. The van der Waals surface area contributed by atoms with Crippen molar-refractivity contribution in [3.05, 3.63) is 47.5 Å². The van der Waals surface area contributed by atoms with Crippen LogP contribution < -0.4 is 18.9 Å². The van der Waals surface area contributed by atoms with Gasteiger partial charge in [-0.1, -0.05) is 20.8 Å². The van der Waals surface area contributed by atoms with Crippen LogP contribution in [0.1, 0.15) is 31.9 Å². The van der Waals surface area contributed by atoms with Crippen molar-refractivity contribution in [3.63, 3.8) is 0 Å². The predicted molar refractivity (Wildman–Crippen MR) is 100 cm³/mol. The second-order valence-corrected chi connectivity index (χ2v) is 6.78. The molecule has 0 saturated carbocycles. The van der Waals surface area contributed by atoms with Gasteiger partial charge in [-0.05, 0) is 35.7 Å². The van der Waals surface area contributed by atoms with Crippen molar-refractivity contribution in [2.45, 2.75) is 26.2 Å². The highest BCUT2D eigenvalue weighted by Gasteiger charge is 2.20. The monoisotopic (exact) mass is 355 g/mol. The van der Waals surface area contributed by atoms with Crippen molar-refractivity contribution < 1.29 is 18.9 Å². The van der Waals surface area contributed by atoms with Crippen LogP contribution in [0.15, 0.2) is 36.4 Å². The van der Waals surface area contributed by atoms with Gasteiger partial charge in [0.1, 0.15) is 42.3 Å². The third-order valence-electron chi connectivity index (χ3n) is 3.90. The Morgan fingerprint density at radius 3 is 2.00 bits per heavy atom. The molecule has 2 aromatic carbocycles. The number of benzene rings is 2. The number of hydrogen-bond acceptors (Lipinski definition) is 5. The summed E-state index contributed by atoms with van der Waals surface area (Å²) in [5, 5.41) is 9.18. The first-order chi connectivity index (χ1) is 12.4. The fraction of sp³-hybridized carbons (Fsp3) is 0.381. The van der Waals surface area contributed by atoms with Gasteiger partial charge in [0.05, 0.1) is 19.8 Å². The molecule has 138 valence electrons. The van der Waals surface area contributed by atoms with Crippen LogP contribution in [0.4, 0.5) is 0 Å². The van der Waals surface area contributed by atoms with Gasteiger partial charge in [0.25, 0.3) is 0 Å². The Morgan fingerprint density at radius 2 is 1.42 bits per heavy atom. The van der Waals surface area contributed by atoms with E-state index in [0.717, 1.165) is 17.1 Å². The summed E-state index contributed by atoms with van der Waals surface area (Å²) < 4.78 is 22.1. The Morgan fingerprint density at radius 1 is 0.846 bits per heavy atom. The van der Waals surface area contributed by atoms with Gasteiger partial charge in [0.15, 0.2) is 0 Å². The van der Waals surface area contributed by atoms with Crippen LogP contribution in [0, 0.1) is 11.3 Å². The lowest BCUT2D eigenvalue weighted by Gasteiger charge is -2.23. The van der Waals surface area contributed by atoms with Crippen molar-refractivity contribution in [1.29, 1.82) is 5.26 Å². The van der Waals surface area contributed by atoms with E-state index in [-0.39, 0.29) is 5.41 Å². The van der Waals surface area contributed by atoms with Gasteiger partial charge in [-0.15, -0.1) is 0 Å². The second kappa shape index (κ2) is 8.48. The van der Waals surface area contributed by atoms with Crippen molar-refractivity contribution in [3.8, 4) is 29.1 Å². The van der Waals surface area contributed by atoms with E-state index < -0.39 is 0 Å². The lowest BCUT2D eigenvalue weighted by atomic mass is 9.86. The molecular formula is C21H25NO4. The van der Waals surface area contributed by atoms with Crippen molar-refractivity contribution in [2.75, 3.05) is 27.4 Å². The van der Waals surface area contributed by atoms with Crippen LogP contribution in [0.2, 0.25) is 0 Å². The first-order valence-corrected chi connectivity index (χ1v) is 8.41. The van der Waals surface area contributed by atoms with Gasteiger partial charge in [-0.3, -0.25) is 0 Å². The predicted octanol–water partition coefficient (Wildman–Crippen LogP) is 4.33. The fourth-order valence-corrected chi connectivity index (χ4v) is 2.49. The van der Waals surface area contributed by atoms with E-state index in [1.54, 1.807) is 32.4 Å². The molecule has 0 radical (unpaired) electrons. The molecule has 0 fully saturated rings. The maximum absolute atomic E-state index is 9.18. The third kappa shape index (κ3) is 4.82. The Hall–Kier alpha value is -2.87. The minimum Gasteiger partial charge on any atom is -0.497 e. The Bertz CT molecular complexity index is 788. The first kappa shape index (κ1) is 19.5. The molecule has 2 aromatic rings. The van der Waals surface area contributed by atoms with E-state index in [9.17, 15) is 5.26 Å². The van der Waals surface area contributed by atoms with Gasteiger partial charge in [-0.2, -0.15) is 5.26 Å². The Balaban J connectivity index is 2.04. The topological polar surface area (TPSA) is 60.7 Å². The molecule has 5 nitrogen and oxygen atoms in total. The van der Waals surface area contributed by atoms with Crippen molar-refractivity contribution >= 4 is 0 Å². The molecule has 0 aliphatic carbocycles. The molecule has 5 heteroatoms. The molecule has 0 spiro atoms. The molecule has 0 unspecified atom stereocenters. The molecule has 0 heterocycles. The zero-order valence-corrected chi connectivity index (χ0v) is 16.0. The molecule has 0 amide bonds. The van der Waals surface area contributed by atoms with Gasteiger partial charge in [-0.25, -0.2) is 0 Å². The summed E-state index contributed by atoms with van der Waals surface area (Å²) in [5.74, 6) is 2.73. The zero-order chi connectivity index (χ0) is 19.2. The lowest BCUT2D eigenvalue weighted by molar-refractivity contribution is 0.213. The summed E-state index contributed by atoms with van der Waals surface area (Å²) in [6.45, 7) is 7.05. The largest absolute Gasteiger partial charge is 0.497 e. The summed E-state index contributed by atoms with van der Waals surface area (Å²) in [5.41, 5.74) is 1.45. The van der Waals surface area contributed by atoms with E-state index in [1.807, 2.05) is 18.2 Å². The van der Waals surface area contributed by atoms with E-state index in [4.69, 9.17) is 18.9 Å². The molecule has 0 saturated heterocycles. The standard InChI is InChI=1S/C21H25NO4/c1-21(2,3)18-12-16(23-4)8-9-19(18)25-10-11-26-20-13-17(24-5)7-6-15(20)14-22/h6-9,12-13H,10-11H2,1-5H3. The Kier molecular flexibility index (Phi) is 6.35. The molecule has 0 aliphatic rings. The highest BCUT2D eigenvalue weighted by Crippen LogP contribution is 2.34. The molecule has 0 N–H and O–H groups in total. The van der Waals surface area contributed by atoms with Crippen LogP contribution in [0.25, 0.3) is 0 Å². The van der Waals surface area contributed by atoms with Crippen LogP contribution in [-0.2, 0) is 5.41 Å². The van der Waals surface area contributed by atoms with Crippen LogP contribution in [0.3, 0.4) is 0 Å². The first-order valence-electron chi connectivity index (χ1n) is 8.41. The molecule has 2 rings (SSSR count). The highest BCUT2D eigenvalue weighted by atomic mass is 16.5. The Labute approximate surface area is 155 Å². The van der Waals surface area contributed by atoms with E-state index >= 15 is 0 Å². The van der Waals surface area contributed by atoms with Crippen LogP contribution in [0.5, 0.6) is 23.0 Å². The maximum Gasteiger partial charge on any atom is 0.140 e. The highest BCUT2D eigenvalue weighted by molar-refractivity contribution is 5.47. The summed E-state index contributed by atoms with van der Waals surface area (Å²) in [6, 6.07) is 13.0. The maximum atomic E-state index is 9.18. The van der Waals surface area contributed by atoms with E-state index in [1.165, 1.54) is 0 Å². The van der Waals surface area contributed by atoms with Crippen molar-refractivity contribution in [1.82, 2.24) is 0 Å². The lowest BCUT2D eigenvalue weighted by Crippen LogP contribution is -2.16. The summed E-state index contributed by atoms with van der Waals surface area (Å²) in [4.78, 5) is 0. The number of ether oxygens (including phenoxy) is 4. The van der Waals surface area contributed by atoms with Gasteiger partial charge in [0.2, 0.25) is 0 Å². The third-order valence-corrected chi connectivity index (χ3v) is 3.90. The summed E-state index contributed by atoms with van der Waals surface area (Å²) in [6.07, 6.45) is 0. The average molecular weight is 355 g/mol. The zero-order valence-electron chi connectivity index (χ0n) is 16.0. The molecule has 0 atom stereocenters. The van der Waals surface area contributed by atoms with Crippen molar-refractivity contribution in [2.24, 2.45) is 0 Å². The minimum atomic E-state index is -0.0779. The quantitative estimate of drug-likeness (QED) is 0.692. The van der Waals surface area contributed by atoms with Gasteiger partial charge in [0, 0.05) is 11.6 Å².